The average Bonchev–Trinajstić information content (AvgIpc) is 3.04. The molecule has 26 heavy (non-hydrogen) atoms. The summed E-state index contributed by atoms with van der Waals surface area (Å²) in [4.78, 5) is 15.8. The molecule has 1 heterocycles. The zero-order valence-electron chi connectivity index (χ0n) is 15.2. The first-order valence-corrected chi connectivity index (χ1v) is 9.32. The van der Waals surface area contributed by atoms with Crippen LogP contribution in [0.3, 0.4) is 0 Å². The molecule has 0 bridgehead atoms. The molecule has 0 amide bonds. The highest BCUT2D eigenvalue weighted by atomic mass is 32.1. The Morgan fingerprint density at radius 2 is 2.04 bits per heavy atom. The Morgan fingerprint density at radius 1 is 1.23 bits per heavy atom. The zero-order chi connectivity index (χ0) is 18.8. The fourth-order valence-electron chi connectivity index (χ4n) is 2.11. The van der Waals surface area contributed by atoms with Gasteiger partial charge in [0.05, 0.1) is 38.1 Å². The van der Waals surface area contributed by atoms with Gasteiger partial charge < -0.3 is 14.2 Å². The second kappa shape index (κ2) is 10.4. The van der Waals surface area contributed by atoms with E-state index in [0.717, 1.165) is 11.3 Å². The number of aromatic nitrogens is 1. The maximum Gasteiger partial charge on any atom is 0.311 e. The number of anilines is 1. The monoisotopic (exact) mass is 377 g/mol. The molecule has 0 atom stereocenters. The number of benzene rings is 1. The van der Waals surface area contributed by atoms with Crippen molar-refractivity contribution in [1.82, 2.24) is 4.98 Å². The second-order valence-corrected chi connectivity index (χ2v) is 5.92. The molecule has 0 fully saturated rings. The summed E-state index contributed by atoms with van der Waals surface area (Å²) >= 11 is 1.37. The van der Waals surface area contributed by atoms with Crippen molar-refractivity contribution in [2.24, 2.45) is 5.10 Å². The van der Waals surface area contributed by atoms with Gasteiger partial charge in [-0.05, 0) is 32.9 Å². The number of carbonyl (C=O) groups excluding carboxylic acids is 1. The van der Waals surface area contributed by atoms with Crippen LogP contribution in [-0.2, 0) is 16.0 Å². The van der Waals surface area contributed by atoms with E-state index in [1.54, 1.807) is 18.5 Å². The number of nitrogens with zero attached hydrogens (tertiary/aromatic N) is 2. The molecule has 0 saturated heterocycles. The fourth-order valence-corrected chi connectivity index (χ4v) is 2.77. The van der Waals surface area contributed by atoms with Crippen molar-refractivity contribution in [2.75, 3.05) is 25.2 Å². The van der Waals surface area contributed by atoms with Crippen LogP contribution < -0.4 is 14.9 Å². The molecular weight excluding hydrogens is 354 g/mol. The Morgan fingerprint density at radius 3 is 2.77 bits per heavy atom. The number of hydrogen-bond donors (Lipinski definition) is 1. The normalized spacial score (nSPS) is 10.7. The summed E-state index contributed by atoms with van der Waals surface area (Å²) < 4.78 is 16.0. The van der Waals surface area contributed by atoms with Crippen LogP contribution >= 0.6 is 11.3 Å². The highest BCUT2D eigenvalue weighted by Gasteiger charge is 2.08. The molecule has 8 heteroatoms. The first-order valence-electron chi connectivity index (χ1n) is 8.45. The van der Waals surface area contributed by atoms with Gasteiger partial charge in [0, 0.05) is 17.0 Å². The van der Waals surface area contributed by atoms with Gasteiger partial charge in [-0.1, -0.05) is 0 Å². The fraction of sp³-hybridized carbons (Fsp3) is 0.389. The van der Waals surface area contributed by atoms with Crippen molar-refractivity contribution in [3.63, 3.8) is 0 Å². The molecule has 0 radical (unpaired) electrons. The lowest BCUT2D eigenvalue weighted by atomic mass is 10.2. The highest BCUT2D eigenvalue weighted by Crippen LogP contribution is 2.24. The molecule has 0 aliphatic rings. The van der Waals surface area contributed by atoms with Crippen molar-refractivity contribution >= 4 is 28.7 Å². The van der Waals surface area contributed by atoms with E-state index >= 15 is 0 Å². The molecular formula is C18H23N3O4S. The van der Waals surface area contributed by atoms with Crippen molar-refractivity contribution in [3.8, 4) is 11.5 Å². The number of thiazole rings is 1. The molecule has 140 valence electrons. The van der Waals surface area contributed by atoms with Crippen LogP contribution in [0.15, 0.2) is 28.7 Å². The predicted molar refractivity (Wildman–Crippen MR) is 102 cm³/mol. The molecule has 0 unspecified atom stereocenters. The Balaban J connectivity index is 1.99. The number of carbonyl (C=O) groups is 1. The molecule has 1 aromatic heterocycles. The lowest BCUT2D eigenvalue weighted by Gasteiger charge is -2.09. The largest absolute Gasteiger partial charge is 0.494 e. The summed E-state index contributed by atoms with van der Waals surface area (Å²) in [6, 6.07) is 5.60. The molecule has 0 aliphatic heterocycles. The van der Waals surface area contributed by atoms with Crippen LogP contribution in [0.25, 0.3) is 0 Å². The predicted octanol–water partition coefficient (Wildman–Crippen LogP) is 3.49. The van der Waals surface area contributed by atoms with Gasteiger partial charge in [0.1, 0.15) is 11.5 Å². The van der Waals surface area contributed by atoms with E-state index < -0.39 is 0 Å². The van der Waals surface area contributed by atoms with Gasteiger partial charge in [-0.3, -0.25) is 10.2 Å². The van der Waals surface area contributed by atoms with E-state index in [0.29, 0.717) is 36.4 Å². The van der Waals surface area contributed by atoms with Gasteiger partial charge in [0.25, 0.3) is 0 Å². The number of nitrogens with one attached hydrogen (secondary N) is 1. The quantitative estimate of drug-likeness (QED) is 0.388. The maximum atomic E-state index is 11.5. The third-order valence-electron chi connectivity index (χ3n) is 3.14. The Kier molecular flexibility index (Phi) is 7.88. The first-order chi connectivity index (χ1) is 12.7. The summed E-state index contributed by atoms with van der Waals surface area (Å²) in [5.74, 6) is 1.17. The second-order valence-electron chi connectivity index (χ2n) is 5.06. The molecule has 0 saturated carbocycles. The van der Waals surface area contributed by atoms with Crippen molar-refractivity contribution in [3.05, 3.63) is 34.8 Å². The van der Waals surface area contributed by atoms with Gasteiger partial charge in [-0.25, -0.2) is 4.98 Å². The van der Waals surface area contributed by atoms with Crippen LogP contribution in [0.5, 0.6) is 11.5 Å². The van der Waals surface area contributed by atoms with Gasteiger partial charge in [-0.2, -0.15) is 5.10 Å². The number of rotatable bonds is 10. The molecule has 7 nitrogen and oxygen atoms in total. The Bertz CT molecular complexity index is 746. The van der Waals surface area contributed by atoms with Gasteiger partial charge in [0.15, 0.2) is 0 Å². The number of esters is 1. The SMILES string of the molecule is CCOC(=O)Cc1csc(N/N=C\c2ccc(OCC)cc2OCC)n1. The zero-order valence-corrected chi connectivity index (χ0v) is 16.0. The van der Waals surface area contributed by atoms with Gasteiger partial charge >= 0.3 is 5.97 Å². The summed E-state index contributed by atoms with van der Waals surface area (Å²) in [6.07, 6.45) is 1.82. The van der Waals surface area contributed by atoms with Crippen molar-refractivity contribution in [2.45, 2.75) is 27.2 Å². The van der Waals surface area contributed by atoms with E-state index in [1.807, 2.05) is 32.0 Å². The molecule has 2 aromatic rings. The van der Waals surface area contributed by atoms with Crippen LogP contribution in [0, 0.1) is 0 Å². The van der Waals surface area contributed by atoms with Crippen LogP contribution in [0.1, 0.15) is 32.0 Å². The first kappa shape index (κ1) is 19.7. The molecule has 0 aliphatic carbocycles. The number of ether oxygens (including phenoxy) is 3. The third kappa shape index (κ3) is 6.03. The molecule has 0 spiro atoms. The summed E-state index contributed by atoms with van der Waals surface area (Å²) in [5.41, 5.74) is 4.35. The maximum absolute atomic E-state index is 11.5. The Hall–Kier alpha value is -2.61. The van der Waals surface area contributed by atoms with Crippen molar-refractivity contribution < 1.29 is 19.0 Å². The van der Waals surface area contributed by atoms with E-state index in [2.05, 4.69) is 15.5 Å². The summed E-state index contributed by atoms with van der Waals surface area (Å²) in [6.45, 7) is 7.14. The lowest BCUT2D eigenvalue weighted by Crippen LogP contribution is -2.07. The van der Waals surface area contributed by atoms with E-state index in [4.69, 9.17) is 14.2 Å². The van der Waals surface area contributed by atoms with Crippen LogP contribution in [-0.4, -0.2) is 37.0 Å². The van der Waals surface area contributed by atoms with Gasteiger partial charge in [-0.15, -0.1) is 11.3 Å². The minimum atomic E-state index is -0.288. The summed E-state index contributed by atoms with van der Waals surface area (Å²) in [7, 11) is 0. The lowest BCUT2D eigenvalue weighted by molar-refractivity contribution is -0.142. The van der Waals surface area contributed by atoms with Crippen molar-refractivity contribution in [1.29, 1.82) is 0 Å². The number of hydrazone groups is 1. The molecule has 1 aromatic carbocycles. The van der Waals surface area contributed by atoms with E-state index in [-0.39, 0.29) is 12.4 Å². The third-order valence-corrected chi connectivity index (χ3v) is 3.94. The number of hydrogen-bond acceptors (Lipinski definition) is 8. The average molecular weight is 377 g/mol. The minimum Gasteiger partial charge on any atom is -0.494 e. The standard InChI is InChI=1S/C18H23N3O4S/c1-4-23-15-8-7-13(16(10-15)24-5-2)11-19-21-18-20-14(12-26-18)9-17(22)25-6-3/h7-8,10-12H,4-6,9H2,1-3H3,(H,20,21)/b19-11-. The Labute approximate surface area is 157 Å². The molecule has 2 rings (SSSR count). The molecule has 1 N–H and O–H groups in total. The van der Waals surface area contributed by atoms with Gasteiger partial charge in [0.2, 0.25) is 5.13 Å². The topological polar surface area (TPSA) is 82.0 Å². The van der Waals surface area contributed by atoms with Crippen LogP contribution in [0.2, 0.25) is 0 Å². The highest BCUT2D eigenvalue weighted by molar-refractivity contribution is 7.13. The summed E-state index contributed by atoms with van der Waals surface area (Å²) in [5, 5.41) is 6.60. The van der Waals surface area contributed by atoms with E-state index in [9.17, 15) is 4.79 Å². The minimum absolute atomic E-state index is 0.156. The smallest absolute Gasteiger partial charge is 0.311 e. The van der Waals surface area contributed by atoms with Crippen LogP contribution in [0.4, 0.5) is 5.13 Å². The van der Waals surface area contributed by atoms with E-state index in [1.165, 1.54) is 11.3 Å².